The molecular formula is C21H19NO8. The zero-order chi connectivity index (χ0) is 21.8. The number of imide groups is 1. The maximum atomic E-state index is 13.4. The number of carbonyl (C=O) groups is 5. The van der Waals surface area contributed by atoms with Crippen LogP contribution in [0.25, 0.3) is 0 Å². The number of benzene rings is 1. The summed E-state index contributed by atoms with van der Waals surface area (Å²) in [6, 6.07) is 6.20. The minimum Gasteiger partial charge on any atom is -0.422 e. The van der Waals surface area contributed by atoms with E-state index in [0.717, 1.165) is 18.7 Å². The molecule has 3 aliphatic rings. The van der Waals surface area contributed by atoms with Crippen molar-refractivity contribution < 1.29 is 38.2 Å². The maximum Gasteiger partial charge on any atom is 0.305 e. The fourth-order valence-electron chi connectivity index (χ4n) is 4.34. The van der Waals surface area contributed by atoms with Crippen molar-refractivity contribution in [1.29, 1.82) is 0 Å². The van der Waals surface area contributed by atoms with Gasteiger partial charge in [-0.3, -0.25) is 24.0 Å². The quantitative estimate of drug-likeness (QED) is 0.232. The first-order chi connectivity index (χ1) is 14.2. The zero-order valence-corrected chi connectivity index (χ0v) is 16.5. The largest absolute Gasteiger partial charge is 0.422 e. The van der Waals surface area contributed by atoms with E-state index in [9.17, 15) is 24.0 Å². The van der Waals surface area contributed by atoms with Gasteiger partial charge >= 0.3 is 11.9 Å². The second-order valence-electron chi connectivity index (χ2n) is 7.47. The lowest BCUT2D eigenvalue weighted by Crippen LogP contribution is -2.52. The van der Waals surface area contributed by atoms with Gasteiger partial charge in [-0.15, -0.1) is 0 Å². The fourth-order valence-corrected chi connectivity index (χ4v) is 4.34. The van der Waals surface area contributed by atoms with Crippen LogP contribution >= 0.6 is 0 Å². The van der Waals surface area contributed by atoms with Gasteiger partial charge in [0.25, 0.3) is 6.29 Å². The van der Waals surface area contributed by atoms with E-state index in [-0.39, 0.29) is 11.5 Å². The van der Waals surface area contributed by atoms with E-state index in [0.29, 0.717) is 5.56 Å². The number of Topliss-reactive ketones (excluding diaryl/α,β-unsaturated/α-hetero) is 1. The number of amides is 2. The van der Waals surface area contributed by atoms with Crippen molar-refractivity contribution in [2.45, 2.75) is 38.8 Å². The van der Waals surface area contributed by atoms with Gasteiger partial charge in [0.05, 0.1) is 23.6 Å². The summed E-state index contributed by atoms with van der Waals surface area (Å²) in [5, 5.41) is 0. The summed E-state index contributed by atoms with van der Waals surface area (Å²) in [4.78, 5) is 62.5. The predicted octanol–water partition coefficient (Wildman–Crippen LogP) is 1.15. The Morgan fingerprint density at radius 2 is 1.73 bits per heavy atom. The third kappa shape index (κ3) is 2.85. The lowest BCUT2D eigenvalue weighted by molar-refractivity contribution is -0.226. The molecule has 4 rings (SSSR count). The van der Waals surface area contributed by atoms with Gasteiger partial charge in [0, 0.05) is 19.4 Å². The number of esters is 2. The number of ketones is 1. The van der Waals surface area contributed by atoms with E-state index < -0.39 is 53.6 Å². The van der Waals surface area contributed by atoms with Gasteiger partial charge in [-0.2, -0.15) is 0 Å². The third-order valence-corrected chi connectivity index (χ3v) is 5.50. The van der Waals surface area contributed by atoms with E-state index >= 15 is 0 Å². The number of ether oxygens (including phenoxy) is 3. The Morgan fingerprint density at radius 3 is 2.33 bits per heavy atom. The lowest BCUT2D eigenvalue weighted by atomic mass is 9.76. The monoisotopic (exact) mass is 413 g/mol. The first kappa shape index (κ1) is 20.0. The minimum absolute atomic E-state index is 0.206. The molecule has 2 fully saturated rings. The molecule has 0 N–H and O–H groups in total. The molecule has 2 saturated heterocycles. The average Bonchev–Trinajstić information content (AvgIpc) is 3.32. The molecule has 156 valence electrons. The average molecular weight is 413 g/mol. The van der Waals surface area contributed by atoms with Crippen molar-refractivity contribution in [1.82, 2.24) is 0 Å². The molecule has 0 aliphatic carbocycles. The van der Waals surface area contributed by atoms with Crippen molar-refractivity contribution >= 4 is 35.2 Å². The molecule has 1 aromatic rings. The number of hydrogen-bond acceptors (Lipinski definition) is 8. The second-order valence-corrected chi connectivity index (χ2v) is 7.47. The predicted molar refractivity (Wildman–Crippen MR) is 100.0 cm³/mol. The molecule has 30 heavy (non-hydrogen) atoms. The van der Waals surface area contributed by atoms with Crippen LogP contribution in [0.5, 0.6) is 0 Å². The molecule has 1 aromatic carbocycles. The summed E-state index contributed by atoms with van der Waals surface area (Å²) in [6.45, 7) is 3.66. The van der Waals surface area contributed by atoms with E-state index in [1.807, 2.05) is 0 Å². The van der Waals surface area contributed by atoms with Crippen LogP contribution < -0.4 is 4.90 Å². The molecule has 3 aliphatic heterocycles. The lowest BCUT2D eigenvalue weighted by Gasteiger charge is -2.34. The van der Waals surface area contributed by atoms with Crippen molar-refractivity contribution in [3.63, 3.8) is 0 Å². The fraction of sp³-hybridized carbons (Fsp3) is 0.381. The van der Waals surface area contributed by atoms with Crippen molar-refractivity contribution in [3.8, 4) is 0 Å². The van der Waals surface area contributed by atoms with Crippen LogP contribution in [0.1, 0.15) is 31.1 Å². The van der Waals surface area contributed by atoms with Crippen molar-refractivity contribution in [3.05, 3.63) is 42.0 Å². The summed E-state index contributed by atoms with van der Waals surface area (Å²) in [7, 11) is 0. The molecular weight excluding hydrogens is 394 g/mol. The molecule has 0 aromatic heterocycles. The van der Waals surface area contributed by atoms with Gasteiger partial charge in [0.15, 0.2) is 11.4 Å². The van der Waals surface area contributed by atoms with Gasteiger partial charge in [-0.05, 0) is 25.1 Å². The Balaban J connectivity index is 1.75. The molecule has 9 nitrogen and oxygen atoms in total. The molecule has 0 radical (unpaired) electrons. The van der Waals surface area contributed by atoms with Crippen LogP contribution in [0.2, 0.25) is 0 Å². The first-order valence-electron chi connectivity index (χ1n) is 9.36. The number of rotatable bonds is 5. The summed E-state index contributed by atoms with van der Waals surface area (Å²) < 4.78 is 16.2. The number of nitrogens with zero attached hydrogens (tertiary/aromatic N) is 1. The molecule has 4 unspecified atom stereocenters. The highest BCUT2D eigenvalue weighted by atomic mass is 16.7. The highest BCUT2D eigenvalue weighted by Gasteiger charge is 2.72. The van der Waals surface area contributed by atoms with Crippen LogP contribution in [-0.2, 0) is 33.4 Å². The van der Waals surface area contributed by atoms with Gasteiger partial charge in [-0.25, -0.2) is 4.90 Å². The van der Waals surface area contributed by atoms with E-state index in [1.54, 1.807) is 24.3 Å². The number of hydrogen-bond donors (Lipinski definition) is 0. The zero-order valence-electron chi connectivity index (χ0n) is 16.5. The van der Waals surface area contributed by atoms with Gasteiger partial charge in [0.1, 0.15) is 0 Å². The Kier molecular flexibility index (Phi) is 4.58. The Labute approximate surface area is 171 Å². The number of anilines is 1. The molecule has 2 bridgehead atoms. The molecule has 0 saturated carbocycles. The van der Waals surface area contributed by atoms with Crippen molar-refractivity contribution in [2.75, 3.05) is 4.90 Å². The number of fused-ring (bicyclic) bond motifs is 5. The smallest absolute Gasteiger partial charge is 0.305 e. The summed E-state index contributed by atoms with van der Waals surface area (Å²) in [5.74, 6) is -4.66. The number of carbonyl (C=O) groups excluding carboxylic acids is 5. The summed E-state index contributed by atoms with van der Waals surface area (Å²) in [6.07, 6.45) is 0.850. The SMILES string of the molecule is CC(=O)OC(OC(C)=O)C12C=CC(O1)C1C(=O)N(c3cccc(C(C)=O)c3)C(=O)C12. The molecule has 0 spiro atoms. The van der Waals surface area contributed by atoms with Crippen LogP contribution in [0.4, 0.5) is 5.69 Å². The van der Waals surface area contributed by atoms with Crippen molar-refractivity contribution in [2.24, 2.45) is 11.8 Å². The summed E-state index contributed by atoms with van der Waals surface area (Å²) >= 11 is 0. The van der Waals surface area contributed by atoms with Gasteiger partial charge in [-0.1, -0.05) is 18.2 Å². The molecule has 3 heterocycles. The van der Waals surface area contributed by atoms with Gasteiger partial charge < -0.3 is 14.2 Å². The highest BCUT2D eigenvalue weighted by Crippen LogP contribution is 2.54. The molecule has 4 atom stereocenters. The molecule has 9 heteroatoms. The Morgan fingerprint density at radius 1 is 1.07 bits per heavy atom. The first-order valence-corrected chi connectivity index (χ1v) is 9.36. The highest BCUT2D eigenvalue weighted by molar-refractivity contribution is 6.23. The summed E-state index contributed by atoms with van der Waals surface area (Å²) in [5.41, 5.74) is -0.986. The Hall–Kier alpha value is -3.33. The van der Waals surface area contributed by atoms with E-state index in [1.165, 1.54) is 19.1 Å². The standard InChI is InChI=1S/C21H19NO8/c1-10(23)13-5-4-6-14(9-13)22-18(26)16-15-7-8-21(30-15,17(16)19(22)27)20(28-11(2)24)29-12(3)25/h4-9,15-17,20H,1-3H3. The second kappa shape index (κ2) is 6.88. The Bertz CT molecular complexity index is 998. The maximum absolute atomic E-state index is 13.4. The van der Waals surface area contributed by atoms with Crippen LogP contribution in [0.3, 0.4) is 0 Å². The van der Waals surface area contributed by atoms with Crippen LogP contribution in [-0.4, -0.2) is 47.5 Å². The normalized spacial score (nSPS) is 28.8. The molecule has 2 amide bonds. The van der Waals surface area contributed by atoms with Crippen LogP contribution in [0.15, 0.2) is 36.4 Å². The van der Waals surface area contributed by atoms with Crippen LogP contribution in [0, 0.1) is 11.8 Å². The topological polar surface area (TPSA) is 116 Å². The van der Waals surface area contributed by atoms with E-state index in [4.69, 9.17) is 14.2 Å². The van der Waals surface area contributed by atoms with E-state index in [2.05, 4.69) is 0 Å². The third-order valence-electron chi connectivity index (χ3n) is 5.50. The van der Waals surface area contributed by atoms with Gasteiger partial charge in [0.2, 0.25) is 11.8 Å². The minimum atomic E-state index is -1.60.